The van der Waals surface area contributed by atoms with Crippen LogP contribution in [0.5, 0.6) is 0 Å². The number of carbonyl (C=O) groups excluding carboxylic acids is 1. The van der Waals surface area contributed by atoms with E-state index in [0.29, 0.717) is 13.2 Å². The Morgan fingerprint density at radius 3 is 2.80 bits per heavy atom. The number of nitrogens with one attached hydrogen (secondary N) is 1. The van der Waals surface area contributed by atoms with Crippen LogP contribution < -0.4 is 5.32 Å². The molecule has 15 heavy (non-hydrogen) atoms. The van der Waals surface area contributed by atoms with E-state index in [1.54, 1.807) is 6.92 Å². The van der Waals surface area contributed by atoms with Gasteiger partial charge in [-0.3, -0.25) is 4.90 Å². The fourth-order valence-electron chi connectivity index (χ4n) is 1.71. The van der Waals surface area contributed by atoms with E-state index in [9.17, 15) is 4.79 Å². The van der Waals surface area contributed by atoms with Crippen LogP contribution in [-0.2, 0) is 4.74 Å². The maximum Gasteiger partial charge on any atom is 0.407 e. The van der Waals surface area contributed by atoms with Gasteiger partial charge in [0.05, 0.1) is 12.6 Å². The van der Waals surface area contributed by atoms with Gasteiger partial charge in [-0.15, -0.1) is 6.42 Å². The lowest BCUT2D eigenvalue weighted by atomic mass is 10.3. The molecule has 1 heterocycles. The maximum absolute atomic E-state index is 11.1. The van der Waals surface area contributed by atoms with Crippen LogP contribution in [0.25, 0.3) is 0 Å². The molecule has 1 amide bonds. The molecular weight excluding hydrogens is 192 g/mol. The minimum Gasteiger partial charge on any atom is -0.450 e. The molecule has 0 radical (unpaired) electrons. The topological polar surface area (TPSA) is 41.6 Å². The number of likely N-dealkylation sites (tertiary alicyclic amines) is 1. The lowest BCUT2D eigenvalue weighted by molar-refractivity contribution is 0.149. The van der Waals surface area contributed by atoms with Crippen molar-refractivity contribution in [3.63, 3.8) is 0 Å². The fourth-order valence-corrected chi connectivity index (χ4v) is 1.71. The maximum atomic E-state index is 11.1. The van der Waals surface area contributed by atoms with E-state index < -0.39 is 6.09 Å². The number of hydrogen-bond acceptors (Lipinski definition) is 3. The number of alkyl carbamates (subject to hydrolysis) is 1. The Hall–Kier alpha value is -1.21. The molecule has 1 fully saturated rings. The summed E-state index contributed by atoms with van der Waals surface area (Å²) in [5.74, 6) is 2.70. The highest BCUT2D eigenvalue weighted by molar-refractivity contribution is 5.67. The van der Waals surface area contributed by atoms with Crippen molar-refractivity contribution >= 4 is 6.09 Å². The van der Waals surface area contributed by atoms with Crippen molar-refractivity contribution in [2.75, 3.05) is 26.2 Å². The number of amides is 1. The first-order chi connectivity index (χ1) is 7.27. The Bertz CT molecular complexity index is 241. The molecule has 1 aliphatic rings. The summed E-state index contributed by atoms with van der Waals surface area (Å²) in [6.45, 7) is 4.68. The monoisotopic (exact) mass is 210 g/mol. The summed E-state index contributed by atoms with van der Waals surface area (Å²) >= 11 is 0. The summed E-state index contributed by atoms with van der Waals surface area (Å²) < 4.78 is 4.76. The lowest BCUT2D eigenvalue weighted by Crippen LogP contribution is -2.41. The first kappa shape index (κ1) is 11.9. The molecule has 1 aliphatic heterocycles. The fraction of sp³-hybridized carbons (Fsp3) is 0.727. The van der Waals surface area contributed by atoms with Crippen LogP contribution in [0.15, 0.2) is 0 Å². The molecule has 0 aromatic carbocycles. The average molecular weight is 210 g/mol. The van der Waals surface area contributed by atoms with Gasteiger partial charge in [0.1, 0.15) is 0 Å². The molecule has 1 atom stereocenters. The highest BCUT2D eigenvalue weighted by atomic mass is 16.5. The number of hydrogen-bond donors (Lipinski definition) is 1. The van der Waals surface area contributed by atoms with Gasteiger partial charge in [0.2, 0.25) is 0 Å². The van der Waals surface area contributed by atoms with Gasteiger partial charge in [0.15, 0.2) is 0 Å². The second-order valence-corrected chi connectivity index (χ2v) is 3.53. The van der Waals surface area contributed by atoms with Crippen molar-refractivity contribution in [2.45, 2.75) is 25.8 Å². The minimum absolute atomic E-state index is 0.00286. The highest BCUT2D eigenvalue weighted by Crippen LogP contribution is 2.10. The standard InChI is InChI=1S/C11H18N2O2/c1-3-10(13-7-5-6-8-13)9-12-11(14)15-4-2/h1,10H,4-9H2,2H3,(H,12,14)/t10-/m1/s1. The molecule has 0 spiro atoms. The average Bonchev–Trinajstić information content (AvgIpc) is 2.72. The zero-order chi connectivity index (χ0) is 11.1. The Morgan fingerprint density at radius 1 is 1.60 bits per heavy atom. The number of ether oxygens (including phenoxy) is 1. The van der Waals surface area contributed by atoms with Gasteiger partial charge in [-0.2, -0.15) is 0 Å². The van der Waals surface area contributed by atoms with E-state index in [-0.39, 0.29) is 6.04 Å². The van der Waals surface area contributed by atoms with E-state index in [1.807, 2.05) is 0 Å². The Balaban J connectivity index is 2.28. The quantitative estimate of drug-likeness (QED) is 0.699. The van der Waals surface area contributed by atoms with Crippen molar-refractivity contribution in [3.05, 3.63) is 0 Å². The third kappa shape index (κ3) is 3.80. The second-order valence-electron chi connectivity index (χ2n) is 3.53. The first-order valence-electron chi connectivity index (χ1n) is 5.38. The summed E-state index contributed by atoms with van der Waals surface area (Å²) in [6, 6.07) is -0.00286. The molecule has 0 aliphatic carbocycles. The van der Waals surface area contributed by atoms with Crippen molar-refractivity contribution in [1.29, 1.82) is 0 Å². The SMILES string of the molecule is C#C[C@H](CNC(=O)OCC)N1CCCC1. The van der Waals surface area contributed by atoms with Crippen LogP contribution in [0.3, 0.4) is 0 Å². The summed E-state index contributed by atoms with van der Waals surface area (Å²) in [5, 5.41) is 2.67. The molecule has 0 aromatic rings. The molecule has 0 unspecified atom stereocenters. The van der Waals surface area contributed by atoms with Crippen molar-refractivity contribution < 1.29 is 9.53 Å². The summed E-state index contributed by atoms with van der Waals surface area (Å²) in [6.07, 6.45) is 7.42. The van der Waals surface area contributed by atoms with E-state index in [4.69, 9.17) is 11.2 Å². The van der Waals surface area contributed by atoms with Gasteiger partial charge in [-0.05, 0) is 32.9 Å². The zero-order valence-electron chi connectivity index (χ0n) is 9.16. The molecule has 4 heteroatoms. The van der Waals surface area contributed by atoms with Crippen LogP contribution in [0.2, 0.25) is 0 Å². The van der Waals surface area contributed by atoms with Crippen LogP contribution in [-0.4, -0.2) is 43.3 Å². The van der Waals surface area contributed by atoms with Gasteiger partial charge in [0.25, 0.3) is 0 Å². The summed E-state index contributed by atoms with van der Waals surface area (Å²) in [7, 11) is 0. The minimum atomic E-state index is -0.392. The lowest BCUT2D eigenvalue weighted by Gasteiger charge is -2.22. The number of rotatable bonds is 4. The zero-order valence-corrected chi connectivity index (χ0v) is 9.16. The molecule has 0 aromatic heterocycles. The molecule has 0 saturated carbocycles. The van der Waals surface area contributed by atoms with Crippen molar-refractivity contribution in [3.8, 4) is 12.3 Å². The largest absolute Gasteiger partial charge is 0.450 e. The third-order valence-corrected chi connectivity index (χ3v) is 2.49. The predicted octanol–water partition coefficient (Wildman–Crippen LogP) is 0.830. The van der Waals surface area contributed by atoms with Gasteiger partial charge in [0, 0.05) is 6.54 Å². The van der Waals surface area contributed by atoms with E-state index in [2.05, 4.69) is 16.1 Å². The first-order valence-corrected chi connectivity index (χ1v) is 5.38. The summed E-state index contributed by atoms with van der Waals surface area (Å²) in [5.41, 5.74) is 0. The molecule has 1 N–H and O–H groups in total. The molecular formula is C11H18N2O2. The van der Waals surface area contributed by atoms with Gasteiger partial charge in [-0.1, -0.05) is 5.92 Å². The second kappa shape index (κ2) is 6.31. The Kier molecular flexibility index (Phi) is 4.99. The van der Waals surface area contributed by atoms with Crippen molar-refractivity contribution in [2.24, 2.45) is 0 Å². The predicted molar refractivity (Wildman–Crippen MR) is 58.5 cm³/mol. The molecule has 1 saturated heterocycles. The van der Waals surface area contributed by atoms with E-state index in [0.717, 1.165) is 13.1 Å². The van der Waals surface area contributed by atoms with Gasteiger partial charge < -0.3 is 10.1 Å². The molecule has 4 nitrogen and oxygen atoms in total. The van der Waals surface area contributed by atoms with E-state index in [1.165, 1.54) is 12.8 Å². The van der Waals surface area contributed by atoms with Crippen molar-refractivity contribution in [1.82, 2.24) is 10.2 Å². The van der Waals surface area contributed by atoms with Crippen LogP contribution >= 0.6 is 0 Å². The van der Waals surface area contributed by atoms with Gasteiger partial charge in [-0.25, -0.2) is 4.79 Å². The third-order valence-electron chi connectivity index (χ3n) is 2.49. The van der Waals surface area contributed by atoms with Gasteiger partial charge >= 0.3 is 6.09 Å². The Labute approximate surface area is 91.0 Å². The smallest absolute Gasteiger partial charge is 0.407 e. The van der Waals surface area contributed by atoms with Crippen LogP contribution in [0, 0.1) is 12.3 Å². The Morgan fingerprint density at radius 2 is 2.27 bits per heavy atom. The highest BCUT2D eigenvalue weighted by Gasteiger charge is 2.20. The number of terminal acetylenes is 1. The summed E-state index contributed by atoms with van der Waals surface area (Å²) in [4.78, 5) is 13.3. The number of nitrogens with zero attached hydrogens (tertiary/aromatic N) is 1. The van der Waals surface area contributed by atoms with Crippen LogP contribution in [0.4, 0.5) is 4.79 Å². The van der Waals surface area contributed by atoms with Crippen LogP contribution in [0.1, 0.15) is 19.8 Å². The van der Waals surface area contributed by atoms with E-state index >= 15 is 0 Å². The normalized spacial score (nSPS) is 18.1. The molecule has 0 bridgehead atoms. The number of carbonyl (C=O) groups is 1. The molecule has 84 valence electrons. The molecule has 1 rings (SSSR count).